The first-order valence-corrected chi connectivity index (χ1v) is 6.14. The van der Waals surface area contributed by atoms with Gasteiger partial charge in [-0.05, 0) is 57.0 Å². The molecule has 0 spiro atoms. The molecule has 0 unspecified atom stereocenters. The van der Waals surface area contributed by atoms with Gasteiger partial charge in [-0.1, -0.05) is 6.92 Å². The van der Waals surface area contributed by atoms with Gasteiger partial charge >= 0.3 is 0 Å². The molecule has 96 valence electrons. The fraction of sp³-hybridized carbons (Fsp3) is 0.571. The summed E-state index contributed by atoms with van der Waals surface area (Å²) in [5, 5.41) is 0. The van der Waals surface area contributed by atoms with Crippen LogP contribution in [-0.2, 0) is 6.42 Å². The van der Waals surface area contributed by atoms with Crippen LogP contribution in [0.3, 0.4) is 0 Å². The zero-order valence-corrected chi connectivity index (χ0v) is 11.3. The van der Waals surface area contributed by atoms with Crippen molar-refractivity contribution in [2.24, 2.45) is 5.73 Å². The van der Waals surface area contributed by atoms with Crippen LogP contribution >= 0.6 is 0 Å². The molecule has 0 fully saturated rings. The summed E-state index contributed by atoms with van der Waals surface area (Å²) < 4.78 is 13.3. The Morgan fingerprint density at radius 2 is 2.00 bits per heavy atom. The van der Waals surface area contributed by atoms with Gasteiger partial charge in [0.25, 0.3) is 0 Å². The fourth-order valence-corrected chi connectivity index (χ4v) is 1.80. The van der Waals surface area contributed by atoms with Crippen LogP contribution in [0.5, 0.6) is 0 Å². The van der Waals surface area contributed by atoms with Crippen molar-refractivity contribution in [2.75, 3.05) is 18.5 Å². The minimum atomic E-state index is -0.195. The van der Waals surface area contributed by atoms with Gasteiger partial charge in [0.1, 0.15) is 5.82 Å². The molecular weight excluding hydrogens is 215 g/mol. The summed E-state index contributed by atoms with van der Waals surface area (Å²) in [7, 11) is 2.05. The molecule has 2 nitrogen and oxygen atoms in total. The third kappa shape index (κ3) is 3.19. The standard InChI is InChI=1S/C14H23FN2/c1-5-14(2,3)17(4)13-7-6-12(15)10-11(13)8-9-16/h6-7,10H,5,8-9,16H2,1-4H3. The molecule has 1 rings (SSSR count). The number of rotatable bonds is 5. The Hall–Kier alpha value is -1.09. The van der Waals surface area contributed by atoms with Crippen molar-refractivity contribution in [1.82, 2.24) is 0 Å². The minimum Gasteiger partial charge on any atom is -0.369 e. The first kappa shape index (κ1) is 14.0. The average Bonchev–Trinajstić information content (AvgIpc) is 2.29. The maximum Gasteiger partial charge on any atom is 0.123 e. The predicted octanol–water partition coefficient (Wildman–Crippen LogP) is 2.95. The normalized spacial score (nSPS) is 11.6. The van der Waals surface area contributed by atoms with Gasteiger partial charge in [-0.25, -0.2) is 4.39 Å². The van der Waals surface area contributed by atoms with Gasteiger partial charge in [0.05, 0.1) is 0 Å². The van der Waals surface area contributed by atoms with E-state index in [4.69, 9.17) is 5.73 Å². The van der Waals surface area contributed by atoms with Crippen molar-refractivity contribution in [3.05, 3.63) is 29.6 Å². The van der Waals surface area contributed by atoms with E-state index in [0.29, 0.717) is 13.0 Å². The second-order valence-corrected chi connectivity index (χ2v) is 5.04. The number of hydrogen-bond acceptors (Lipinski definition) is 2. The number of benzene rings is 1. The van der Waals surface area contributed by atoms with E-state index in [2.05, 4.69) is 32.7 Å². The molecular formula is C14H23FN2. The molecule has 0 saturated carbocycles. The van der Waals surface area contributed by atoms with E-state index in [9.17, 15) is 4.39 Å². The van der Waals surface area contributed by atoms with Crippen molar-refractivity contribution in [3.63, 3.8) is 0 Å². The maximum atomic E-state index is 13.3. The molecule has 0 heterocycles. The molecule has 0 amide bonds. The van der Waals surface area contributed by atoms with E-state index >= 15 is 0 Å². The van der Waals surface area contributed by atoms with Crippen molar-refractivity contribution in [1.29, 1.82) is 0 Å². The van der Waals surface area contributed by atoms with E-state index in [1.165, 1.54) is 6.07 Å². The van der Waals surface area contributed by atoms with E-state index in [0.717, 1.165) is 17.7 Å². The smallest absolute Gasteiger partial charge is 0.123 e. The average molecular weight is 238 g/mol. The number of nitrogens with two attached hydrogens (primary N) is 1. The molecule has 0 aliphatic carbocycles. The Morgan fingerprint density at radius 1 is 1.35 bits per heavy atom. The summed E-state index contributed by atoms with van der Waals surface area (Å²) in [6, 6.07) is 4.94. The minimum absolute atomic E-state index is 0.0567. The van der Waals surface area contributed by atoms with Crippen LogP contribution in [0.25, 0.3) is 0 Å². The quantitative estimate of drug-likeness (QED) is 0.854. The molecule has 0 aliphatic rings. The molecule has 1 aromatic rings. The number of halogens is 1. The Labute approximate surface area is 104 Å². The maximum absolute atomic E-state index is 13.3. The largest absolute Gasteiger partial charge is 0.369 e. The Bertz CT molecular complexity index is 374. The fourth-order valence-electron chi connectivity index (χ4n) is 1.80. The third-order valence-corrected chi connectivity index (χ3v) is 3.59. The number of hydrogen-bond donors (Lipinski definition) is 1. The Morgan fingerprint density at radius 3 is 2.53 bits per heavy atom. The van der Waals surface area contributed by atoms with E-state index < -0.39 is 0 Å². The van der Waals surface area contributed by atoms with Gasteiger partial charge in [-0.2, -0.15) is 0 Å². The van der Waals surface area contributed by atoms with Crippen LogP contribution in [0, 0.1) is 5.82 Å². The number of anilines is 1. The summed E-state index contributed by atoms with van der Waals surface area (Å²) in [4.78, 5) is 2.21. The van der Waals surface area contributed by atoms with Crippen LogP contribution < -0.4 is 10.6 Å². The van der Waals surface area contributed by atoms with Gasteiger partial charge in [0.15, 0.2) is 0 Å². The summed E-state index contributed by atoms with van der Waals surface area (Å²) in [6.45, 7) is 7.06. The van der Waals surface area contributed by atoms with Gasteiger partial charge in [-0.15, -0.1) is 0 Å². The molecule has 0 aromatic heterocycles. The molecule has 3 heteroatoms. The van der Waals surface area contributed by atoms with Gasteiger partial charge in [-0.3, -0.25) is 0 Å². The molecule has 0 radical (unpaired) electrons. The topological polar surface area (TPSA) is 29.3 Å². The summed E-state index contributed by atoms with van der Waals surface area (Å²) >= 11 is 0. The second-order valence-electron chi connectivity index (χ2n) is 5.04. The highest BCUT2D eigenvalue weighted by molar-refractivity contribution is 5.55. The van der Waals surface area contributed by atoms with Gasteiger partial charge in [0.2, 0.25) is 0 Å². The van der Waals surface area contributed by atoms with Crippen LogP contribution in [0.4, 0.5) is 10.1 Å². The highest BCUT2D eigenvalue weighted by atomic mass is 19.1. The lowest BCUT2D eigenvalue weighted by Crippen LogP contribution is -2.41. The van der Waals surface area contributed by atoms with Crippen LogP contribution in [0.15, 0.2) is 18.2 Å². The zero-order chi connectivity index (χ0) is 13.1. The molecule has 0 atom stereocenters. The van der Waals surface area contributed by atoms with E-state index in [-0.39, 0.29) is 11.4 Å². The molecule has 1 aromatic carbocycles. The van der Waals surface area contributed by atoms with E-state index in [1.54, 1.807) is 6.07 Å². The first-order valence-electron chi connectivity index (χ1n) is 6.14. The summed E-state index contributed by atoms with van der Waals surface area (Å²) in [5.74, 6) is -0.195. The SMILES string of the molecule is CCC(C)(C)N(C)c1ccc(F)cc1CCN. The molecule has 0 aliphatic heterocycles. The highest BCUT2D eigenvalue weighted by Crippen LogP contribution is 2.28. The lowest BCUT2D eigenvalue weighted by atomic mass is 9.97. The van der Waals surface area contributed by atoms with Crippen LogP contribution in [0.2, 0.25) is 0 Å². The molecule has 2 N–H and O–H groups in total. The van der Waals surface area contributed by atoms with Gasteiger partial charge in [0, 0.05) is 18.3 Å². The highest BCUT2D eigenvalue weighted by Gasteiger charge is 2.23. The second kappa shape index (κ2) is 5.50. The van der Waals surface area contributed by atoms with Crippen LogP contribution in [0.1, 0.15) is 32.8 Å². The van der Waals surface area contributed by atoms with Crippen LogP contribution in [-0.4, -0.2) is 19.1 Å². The van der Waals surface area contributed by atoms with Crippen molar-refractivity contribution < 1.29 is 4.39 Å². The van der Waals surface area contributed by atoms with Crippen molar-refractivity contribution >= 4 is 5.69 Å². The molecule has 0 bridgehead atoms. The lowest BCUT2D eigenvalue weighted by molar-refractivity contribution is 0.469. The Kier molecular flexibility index (Phi) is 4.52. The summed E-state index contributed by atoms with van der Waals surface area (Å²) in [5.41, 5.74) is 7.69. The number of nitrogens with zero attached hydrogens (tertiary/aromatic N) is 1. The molecule has 0 saturated heterocycles. The third-order valence-electron chi connectivity index (χ3n) is 3.59. The first-order chi connectivity index (χ1) is 7.92. The van der Waals surface area contributed by atoms with Crippen molar-refractivity contribution in [2.45, 2.75) is 39.2 Å². The monoisotopic (exact) mass is 238 g/mol. The Balaban J connectivity index is 3.12. The van der Waals surface area contributed by atoms with Gasteiger partial charge < -0.3 is 10.6 Å². The molecule has 17 heavy (non-hydrogen) atoms. The lowest BCUT2D eigenvalue weighted by Gasteiger charge is -2.38. The van der Waals surface area contributed by atoms with E-state index in [1.807, 2.05) is 6.07 Å². The predicted molar refractivity (Wildman–Crippen MR) is 71.9 cm³/mol. The van der Waals surface area contributed by atoms with Crippen molar-refractivity contribution in [3.8, 4) is 0 Å². The summed E-state index contributed by atoms with van der Waals surface area (Å²) in [6.07, 6.45) is 1.74. The zero-order valence-electron chi connectivity index (χ0n) is 11.3.